The minimum atomic E-state index is -3.22. The molecule has 0 radical (unpaired) electrons. The Morgan fingerprint density at radius 3 is 2.42 bits per heavy atom. The number of carbonyl (C=O) groups is 1. The van der Waals surface area contributed by atoms with Gasteiger partial charge in [-0.2, -0.15) is 0 Å². The second-order valence-corrected chi connectivity index (χ2v) is 7.51. The second kappa shape index (κ2) is 5.38. The van der Waals surface area contributed by atoms with Gasteiger partial charge in [-0.15, -0.1) is 0 Å². The van der Waals surface area contributed by atoms with E-state index in [1.807, 2.05) is 0 Å². The quantitative estimate of drug-likeness (QED) is 0.727. The highest BCUT2D eigenvalue weighted by Crippen LogP contribution is 2.46. The molecule has 2 N–H and O–H groups in total. The summed E-state index contributed by atoms with van der Waals surface area (Å²) in [5, 5.41) is 10.0. The van der Waals surface area contributed by atoms with Crippen molar-refractivity contribution in [2.75, 3.05) is 25.9 Å². The maximum absolute atomic E-state index is 11.9. The molecule has 1 amide bonds. The monoisotopic (exact) mass is 290 g/mol. The minimum absolute atomic E-state index is 0.0163. The fraction of sp³-hybridized carbons (Fsp3) is 0.917. The third kappa shape index (κ3) is 4.15. The Bertz CT molecular complexity index is 437. The van der Waals surface area contributed by atoms with Crippen molar-refractivity contribution in [3.63, 3.8) is 0 Å². The molecule has 0 unspecified atom stereocenters. The summed E-state index contributed by atoms with van der Waals surface area (Å²) in [6, 6.07) is 0. The van der Waals surface area contributed by atoms with Crippen molar-refractivity contribution in [1.82, 2.24) is 9.62 Å². The van der Waals surface area contributed by atoms with E-state index in [2.05, 4.69) is 4.72 Å². The minimum Gasteiger partial charge on any atom is -0.390 e. The lowest BCUT2D eigenvalue weighted by Gasteiger charge is -2.34. The van der Waals surface area contributed by atoms with E-state index in [1.165, 1.54) is 0 Å². The van der Waals surface area contributed by atoms with Gasteiger partial charge in [0.1, 0.15) is 0 Å². The van der Waals surface area contributed by atoms with Gasteiger partial charge in [-0.1, -0.05) is 0 Å². The van der Waals surface area contributed by atoms with Gasteiger partial charge >= 0.3 is 0 Å². The molecule has 0 aromatic heterocycles. The van der Waals surface area contributed by atoms with Gasteiger partial charge < -0.3 is 10.0 Å². The fourth-order valence-electron chi connectivity index (χ4n) is 2.70. The van der Waals surface area contributed by atoms with Crippen LogP contribution in [0.4, 0.5) is 0 Å². The van der Waals surface area contributed by atoms with Gasteiger partial charge in [-0.05, 0) is 31.6 Å². The van der Waals surface area contributed by atoms with Gasteiger partial charge in [-0.25, -0.2) is 13.1 Å². The average Bonchev–Trinajstić information content (AvgIpc) is 3.07. The van der Waals surface area contributed by atoms with E-state index in [0.717, 1.165) is 31.9 Å². The molecule has 0 aromatic carbocycles. The van der Waals surface area contributed by atoms with Crippen LogP contribution < -0.4 is 4.72 Å². The number of nitrogens with zero attached hydrogens (tertiary/aromatic N) is 1. The first-order chi connectivity index (χ1) is 8.80. The van der Waals surface area contributed by atoms with Crippen LogP contribution in [-0.4, -0.2) is 55.8 Å². The number of sulfonamides is 1. The van der Waals surface area contributed by atoms with Crippen LogP contribution in [0.15, 0.2) is 0 Å². The fourth-order valence-corrected chi connectivity index (χ4v) is 3.18. The summed E-state index contributed by atoms with van der Waals surface area (Å²) in [5.74, 6) is 0.308. The summed E-state index contributed by atoms with van der Waals surface area (Å²) in [5.41, 5.74) is -0.451. The third-order valence-corrected chi connectivity index (χ3v) is 4.80. The van der Waals surface area contributed by atoms with Gasteiger partial charge in [0.25, 0.3) is 0 Å². The molecule has 1 aliphatic carbocycles. The molecule has 19 heavy (non-hydrogen) atoms. The van der Waals surface area contributed by atoms with Gasteiger partial charge in [0.2, 0.25) is 15.9 Å². The lowest BCUT2D eigenvalue weighted by Crippen LogP contribution is -2.42. The zero-order chi connectivity index (χ0) is 14.1. The smallest absolute Gasteiger partial charge is 0.223 e. The zero-order valence-corrected chi connectivity index (χ0v) is 12.1. The number of aliphatic hydroxyl groups is 1. The van der Waals surface area contributed by atoms with E-state index < -0.39 is 15.6 Å². The molecule has 1 aliphatic heterocycles. The summed E-state index contributed by atoms with van der Waals surface area (Å²) >= 11 is 0. The standard InChI is InChI=1S/C12H22N2O4S/c1-19(17,18)13-7-2-11(15)14-8-3-10(4-9-14)12(16)5-6-12/h10,13,16H,2-9H2,1H3. The lowest BCUT2D eigenvalue weighted by atomic mass is 9.89. The Morgan fingerprint density at radius 1 is 1.37 bits per heavy atom. The summed E-state index contributed by atoms with van der Waals surface area (Å²) in [6.07, 6.45) is 4.76. The number of amides is 1. The third-order valence-electron chi connectivity index (χ3n) is 4.07. The van der Waals surface area contributed by atoms with Gasteiger partial charge in [0, 0.05) is 26.1 Å². The van der Waals surface area contributed by atoms with Crippen molar-refractivity contribution < 1.29 is 18.3 Å². The van der Waals surface area contributed by atoms with Crippen LogP contribution in [0.2, 0.25) is 0 Å². The summed E-state index contributed by atoms with van der Waals surface area (Å²) in [7, 11) is -3.22. The molecular formula is C12H22N2O4S. The Morgan fingerprint density at radius 2 is 1.95 bits per heavy atom. The first-order valence-corrected chi connectivity index (χ1v) is 8.64. The molecule has 0 spiro atoms. The van der Waals surface area contributed by atoms with E-state index in [9.17, 15) is 18.3 Å². The first-order valence-electron chi connectivity index (χ1n) is 6.75. The maximum atomic E-state index is 11.9. The van der Waals surface area contributed by atoms with Crippen molar-refractivity contribution in [2.24, 2.45) is 5.92 Å². The molecule has 2 aliphatic rings. The van der Waals surface area contributed by atoms with Gasteiger partial charge in [0.15, 0.2) is 0 Å². The zero-order valence-electron chi connectivity index (χ0n) is 11.3. The van der Waals surface area contributed by atoms with E-state index in [4.69, 9.17) is 0 Å². The predicted molar refractivity (Wildman–Crippen MR) is 71.0 cm³/mol. The average molecular weight is 290 g/mol. The first kappa shape index (κ1) is 14.7. The molecule has 2 fully saturated rings. The van der Waals surface area contributed by atoms with E-state index >= 15 is 0 Å². The Balaban J connectivity index is 1.70. The number of carbonyl (C=O) groups excluding carboxylic acids is 1. The van der Waals surface area contributed by atoms with Crippen LogP contribution in [0.3, 0.4) is 0 Å². The highest BCUT2D eigenvalue weighted by molar-refractivity contribution is 7.88. The number of piperidine rings is 1. The molecule has 6 nitrogen and oxygen atoms in total. The molecular weight excluding hydrogens is 268 g/mol. The number of nitrogens with one attached hydrogen (secondary N) is 1. The van der Waals surface area contributed by atoms with Crippen LogP contribution in [-0.2, 0) is 14.8 Å². The second-order valence-electron chi connectivity index (χ2n) is 5.68. The SMILES string of the molecule is CS(=O)(=O)NCCC(=O)N1CCC(C2(O)CC2)CC1. The normalized spacial score (nSPS) is 23.4. The number of rotatable bonds is 5. The van der Waals surface area contributed by atoms with Crippen molar-refractivity contribution in [3.8, 4) is 0 Å². The summed E-state index contributed by atoms with van der Waals surface area (Å²) < 4.78 is 24.1. The topological polar surface area (TPSA) is 86.7 Å². The number of hydrogen-bond donors (Lipinski definition) is 2. The molecule has 2 rings (SSSR count). The molecule has 7 heteroatoms. The molecule has 1 saturated carbocycles. The highest BCUT2D eigenvalue weighted by Gasteiger charge is 2.48. The van der Waals surface area contributed by atoms with Crippen LogP contribution in [0.25, 0.3) is 0 Å². The van der Waals surface area contributed by atoms with Crippen molar-refractivity contribution >= 4 is 15.9 Å². The maximum Gasteiger partial charge on any atom is 0.223 e. The Kier molecular flexibility index (Phi) is 4.17. The van der Waals surface area contributed by atoms with Crippen LogP contribution in [0.1, 0.15) is 32.1 Å². The van der Waals surface area contributed by atoms with Crippen molar-refractivity contribution in [3.05, 3.63) is 0 Å². The van der Waals surface area contributed by atoms with Crippen LogP contribution in [0.5, 0.6) is 0 Å². The van der Waals surface area contributed by atoms with E-state index in [1.54, 1.807) is 4.90 Å². The molecule has 0 aromatic rings. The molecule has 0 atom stereocenters. The van der Waals surface area contributed by atoms with Gasteiger partial charge in [-0.3, -0.25) is 4.79 Å². The molecule has 0 bridgehead atoms. The molecule has 1 saturated heterocycles. The Hall–Kier alpha value is -0.660. The van der Waals surface area contributed by atoms with Crippen LogP contribution >= 0.6 is 0 Å². The van der Waals surface area contributed by atoms with Crippen molar-refractivity contribution in [2.45, 2.75) is 37.7 Å². The van der Waals surface area contributed by atoms with E-state index in [-0.39, 0.29) is 18.9 Å². The van der Waals surface area contributed by atoms with Crippen LogP contribution in [0, 0.1) is 5.92 Å². The largest absolute Gasteiger partial charge is 0.390 e. The summed E-state index contributed by atoms with van der Waals surface area (Å²) in [4.78, 5) is 13.7. The van der Waals surface area contributed by atoms with E-state index in [0.29, 0.717) is 19.0 Å². The van der Waals surface area contributed by atoms with Gasteiger partial charge in [0.05, 0.1) is 11.9 Å². The number of hydrogen-bond acceptors (Lipinski definition) is 4. The van der Waals surface area contributed by atoms with Crippen molar-refractivity contribution in [1.29, 1.82) is 0 Å². The molecule has 110 valence electrons. The molecule has 1 heterocycles. The predicted octanol–water partition coefficient (Wildman–Crippen LogP) is -0.311. The highest BCUT2D eigenvalue weighted by atomic mass is 32.2. The summed E-state index contributed by atoms with van der Waals surface area (Å²) in [6.45, 7) is 1.50. The lowest BCUT2D eigenvalue weighted by molar-refractivity contribution is -0.133. The number of likely N-dealkylation sites (tertiary alicyclic amines) is 1. The Labute approximate surface area is 114 Å².